The molecule has 1 aliphatic carbocycles. The molecule has 1 unspecified atom stereocenters. The average molecular weight is 248 g/mol. The second-order valence-electron chi connectivity index (χ2n) is 5.03. The molecule has 1 N–H and O–H groups in total. The van der Waals surface area contributed by atoms with E-state index in [1.54, 1.807) is 18.2 Å². The zero-order valence-corrected chi connectivity index (χ0v) is 10.8. The molecule has 3 nitrogen and oxygen atoms in total. The fourth-order valence-corrected chi connectivity index (χ4v) is 2.58. The zero-order valence-electron chi connectivity index (χ0n) is 10.8. The molecule has 1 aliphatic rings. The Balaban J connectivity index is 1.96. The second kappa shape index (κ2) is 5.89. The first kappa shape index (κ1) is 12.9. The summed E-state index contributed by atoms with van der Waals surface area (Å²) >= 11 is 0. The van der Waals surface area contributed by atoms with Crippen molar-refractivity contribution in [3.63, 3.8) is 0 Å². The third kappa shape index (κ3) is 3.03. The van der Waals surface area contributed by atoms with Crippen LogP contribution in [0.5, 0.6) is 5.75 Å². The first-order chi connectivity index (χ1) is 8.68. The highest BCUT2D eigenvalue weighted by molar-refractivity contribution is 5.92. The number of hydrogen-bond donors (Lipinski definition) is 1. The molecule has 1 fully saturated rings. The van der Waals surface area contributed by atoms with Crippen molar-refractivity contribution in [3.05, 3.63) is 29.8 Å². The molecule has 18 heavy (non-hydrogen) atoms. The predicted molar refractivity (Wildman–Crippen MR) is 69.6 cm³/mol. The normalized spacial score (nSPS) is 18.3. The van der Waals surface area contributed by atoms with Crippen LogP contribution in [0.3, 0.4) is 0 Å². The number of aromatic hydroxyl groups is 1. The van der Waals surface area contributed by atoms with Gasteiger partial charge < -0.3 is 9.84 Å². The van der Waals surface area contributed by atoms with E-state index >= 15 is 0 Å². The largest absolute Gasteiger partial charge is 0.507 e. The first-order valence-electron chi connectivity index (χ1n) is 6.67. The maximum Gasteiger partial charge on any atom is 0.342 e. The van der Waals surface area contributed by atoms with Crippen LogP contribution in [-0.2, 0) is 4.74 Å². The van der Waals surface area contributed by atoms with E-state index in [-0.39, 0.29) is 17.4 Å². The Labute approximate surface area is 108 Å². The number of benzene rings is 1. The van der Waals surface area contributed by atoms with Crippen molar-refractivity contribution in [2.75, 3.05) is 0 Å². The van der Waals surface area contributed by atoms with Gasteiger partial charge in [0.2, 0.25) is 0 Å². The summed E-state index contributed by atoms with van der Waals surface area (Å²) in [4.78, 5) is 11.9. The molecule has 0 radical (unpaired) electrons. The van der Waals surface area contributed by atoms with Gasteiger partial charge in [-0.1, -0.05) is 31.4 Å². The maximum absolute atomic E-state index is 11.9. The van der Waals surface area contributed by atoms with Crippen LogP contribution in [0.25, 0.3) is 0 Å². The maximum atomic E-state index is 11.9. The van der Waals surface area contributed by atoms with E-state index in [1.807, 2.05) is 6.92 Å². The van der Waals surface area contributed by atoms with Crippen LogP contribution in [0.2, 0.25) is 0 Å². The van der Waals surface area contributed by atoms with Crippen molar-refractivity contribution in [2.45, 2.75) is 45.1 Å². The lowest BCUT2D eigenvalue weighted by Gasteiger charge is -2.27. The van der Waals surface area contributed by atoms with Crippen molar-refractivity contribution in [1.29, 1.82) is 0 Å². The number of carbonyl (C=O) groups excluding carboxylic acids is 1. The smallest absolute Gasteiger partial charge is 0.342 e. The molecule has 0 heterocycles. The van der Waals surface area contributed by atoms with Crippen molar-refractivity contribution in [2.24, 2.45) is 5.92 Å². The summed E-state index contributed by atoms with van der Waals surface area (Å²) in [6.07, 6.45) is 5.94. The Morgan fingerprint density at radius 1 is 1.28 bits per heavy atom. The van der Waals surface area contributed by atoms with E-state index in [0.29, 0.717) is 5.92 Å². The minimum absolute atomic E-state index is 0.0154. The molecule has 1 aromatic carbocycles. The summed E-state index contributed by atoms with van der Waals surface area (Å²) in [6, 6.07) is 6.51. The number of carbonyl (C=O) groups is 1. The van der Waals surface area contributed by atoms with Crippen LogP contribution in [-0.4, -0.2) is 17.2 Å². The van der Waals surface area contributed by atoms with Crippen LogP contribution in [0.15, 0.2) is 24.3 Å². The van der Waals surface area contributed by atoms with Gasteiger partial charge in [0.1, 0.15) is 17.4 Å². The van der Waals surface area contributed by atoms with Gasteiger partial charge in [-0.15, -0.1) is 0 Å². The molecule has 3 heteroatoms. The lowest BCUT2D eigenvalue weighted by Crippen LogP contribution is -2.26. The molecule has 0 spiro atoms. The van der Waals surface area contributed by atoms with Crippen molar-refractivity contribution in [3.8, 4) is 5.75 Å². The van der Waals surface area contributed by atoms with Crippen LogP contribution in [0.4, 0.5) is 0 Å². The molecule has 0 bridgehead atoms. The van der Waals surface area contributed by atoms with Crippen LogP contribution in [0.1, 0.15) is 49.4 Å². The van der Waals surface area contributed by atoms with E-state index in [1.165, 1.54) is 25.3 Å². The molecular weight excluding hydrogens is 228 g/mol. The molecule has 98 valence electrons. The number of para-hydroxylation sites is 1. The third-order valence-corrected chi connectivity index (χ3v) is 3.73. The topological polar surface area (TPSA) is 46.5 Å². The van der Waals surface area contributed by atoms with Gasteiger partial charge in [-0.2, -0.15) is 0 Å². The molecule has 1 atom stereocenters. The van der Waals surface area contributed by atoms with E-state index in [9.17, 15) is 9.90 Å². The summed E-state index contributed by atoms with van der Waals surface area (Å²) in [6.45, 7) is 1.95. The van der Waals surface area contributed by atoms with Gasteiger partial charge in [-0.3, -0.25) is 0 Å². The van der Waals surface area contributed by atoms with E-state index < -0.39 is 5.97 Å². The monoisotopic (exact) mass is 248 g/mol. The minimum atomic E-state index is -0.425. The first-order valence-corrected chi connectivity index (χ1v) is 6.67. The fraction of sp³-hybridized carbons (Fsp3) is 0.533. The van der Waals surface area contributed by atoms with Gasteiger partial charge in [-0.25, -0.2) is 4.79 Å². The van der Waals surface area contributed by atoms with Gasteiger partial charge in [0.25, 0.3) is 0 Å². The van der Waals surface area contributed by atoms with Crippen molar-refractivity contribution in [1.82, 2.24) is 0 Å². The Kier molecular flexibility index (Phi) is 4.24. The second-order valence-corrected chi connectivity index (χ2v) is 5.03. The molecule has 0 aliphatic heterocycles. The van der Waals surface area contributed by atoms with Crippen molar-refractivity contribution >= 4 is 5.97 Å². The van der Waals surface area contributed by atoms with E-state index in [4.69, 9.17) is 4.74 Å². The third-order valence-electron chi connectivity index (χ3n) is 3.73. The minimum Gasteiger partial charge on any atom is -0.507 e. The Morgan fingerprint density at radius 3 is 2.61 bits per heavy atom. The summed E-state index contributed by atoms with van der Waals surface area (Å²) in [5, 5.41) is 9.60. The van der Waals surface area contributed by atoms with Crippen LogP contribution < -0.4 is 0 Å². The number of ether oxygens (including phenoxy) is 1. The highest BCUT2D eigenvalue weighted by Crippen LogP contribution is 2.28. The number of phenols is 1. The standard InChI is InChI=1S/C15H20O3/c1-11(12-7-3-2-4-8-12)18-15(17)13-9-5-6-10-14(13)16/h5-6,9-12,16H,2-4,7-8H2,1H3. The summed E-state index contributed by atoms with van der Waals surface area (Å²) < 4.78 is 5.46. The number of hydrogen-bond acceptors (Lipinski definition) is 3. The number of phenolic OH excluding ortho intramolecular Hbond substituents is 1. The number of rotatable bonds is 3. The Morgan fingerprint density at radius 2 is 1.94 bits per heavy atom. The summed E-state index contributed by atoms with van der Waals surface area (Å²) in [5.41, 5.74) is 0.250. The highest BCUT2D eigenvalue weighted by Gasteiger charge is 2.24. The van der Waals surface area contributed by atoms with Crippen LogP contribution >= 0.6 is 0 Å². The summed E-state index contributed by atoms with van der Waals surface area (Å²) in [7, 11) is 0. The van der Waals surface area contributed by atoms with Gasteiger partial charge in [0, 0.05) is 0 Å². The average Bonchev–Trinajstić information content (AvgIpc) is 2.40. The van der Waals surface area contributed by atoms with Gasteiger partial charge >= 0.3 is 5.97 Å². The molecule has 0 aromatic heterocycles. The lowest BCUT2D eigenvalue weighted by molar-refractivity contribution is 0.0138. The Bertz CT molecular complexity index is 408. The SMILES string of the molecule is CC(OC(=O)c1ccccc1O)C1CCCCC1. The van der Waals surface area contributed by atoms with Crippen molar-refractivity contribution < 1.29 is 14.6 Å². The van der Waals surface area contributed by atoms with Gasteiger partial charge in [0.15, 0.2) is 0 Å². The predicted octanol–water partition coefficient (Wildman–Crippen LogP) is 3.52. The fourth-order valence-electron chi connectivity index (χ4n) is 2.58. The quantitative estimate of drug-likeness (QED) is 0.832. The molecule has 0 amide bonds. The van der Waals surface area contributed by atoms with E-state index in [2.05, 4.69) is 0 Å². The molecule has 1 aromatic rings. The lowest BCUT2D eigenvalue weighted by atomic mass is 9.86. The molecule has 0 saturated heterocycles. The highest BCUT2D eigenvalue weighted by atomic mass is 16.5. The van der Waals surface area contributed by atoms with Gasteiger partial charge in [-0.05, 0) is 37.8 Å². The summed E-state index contributed by atoms with van der Waals surface area (Å²) in [5.74, 6) is 0.0260. The van der Waals surface area contributed by atoms with E-state index in [0.717, 1.165) is 12.8 Å². The molecule has 1 saturated carbocycles. The van der Waals surface area contributed by atoms with Crippen LogP contribution in [0, 0.1) is 5.92 Å². The Hall–Kier alpha value is -1.51. The molecule has 2 rings (SSSR count). The molecular formula is C15H20O3. The zero-order chi connectivity index (χ0) is 13.0. The van der Waals surface area contributed by atoms with Gasteiger partial charge in [0.05, 0.1) is 0 Å². The number of esters is 1.